The minimum Gasteiger partial charge on any atom is -0.383 e. The lowest BCUT2D eigenvalue weighted by molar-refractivity contribution is 0.198. The van der Waals surface area contributed by atoms with Gasteiger partial charge in [0.15, 0.2) is 0 Å². The van der Waals surface area contributed by atoms with Crippen molar-refractivity contribution in [1.29, 1.82) is 0 Å². The number of methoxy groups -OCH3 is 1. The maximum Gasteiger partial charge on any atom is 0.319 e. The molecule has 106 valence electrons. The van der Waals surface area contributed by atoms with Crippen molar-refractivity contribution >= 4 is 11.7 Å². The lowest BCUT2D eigenvalue weighted by Gasteiger charge is -2.09. The first-order valence-electron chi connectivity index (χ1n) is 6.38. The third-order valence-corrected chi connectivity index (χ3v) is 2.68. The molecule has 0 aliphatic carbocycles. The Morgan fingerprint density at radius 3 is 3.05 bits per heavy atom. The predicted octanol–water partition coefficient (Wildman–Crippen LogP) is 1.70. The number of carbonyl (C=O) groups excluding carboxylic acids is 1. The van der Waals surface area contributed by atoms with Gasteiger partial charge in [0, 0.05) is 31.7 Å². The number of benzene rings is 1. The highest BCUT2D eigenvalue weighted by molar-refractivity contribution is 5.89. The zero-order valence-corrected chi connectivity index (χ0v) is 11.4. The van der Waals surface area contributed by atoms with E-state index in [1.54, 1.807) is 13.3 Å². The highest BCUT2D eigenvalue weighted by Gasteiger charge is 2.02. The van der Waals surface area contributed by atoms with Crippen molar-refractivity contribution in [3.8, 4) is 0 Å². The minimum absolute atomic E-state index is 0.238. The van der Waals surface area contributed by atoms with Gasteiger partial charge in [0.25, 0.3) is 0 Å². The quantitative estimate of drug-likeness (QED) is 0.788. The second-order valence-electron chi connectivity index (χ2n) is 4.28. The summed E-state index contributed by atoms with van der Waals surface area (Å²) in [4.78, 5) is 11.6. The maximum atomic E-state index is 11.6. The number of aromatic nitrogens is 2. The van der Waals surface area contributed by atoms with Gasteiger partial charge < -0.3 is 15.4 Å². The van der Waals surface area contributed by atoms with Gasteiger partial charge in [0.05, 0.1) is 13.2 Å². The number of hydrogen-bond acceptors (Lipinski definition) is 3. The van der Waals surface area contributed by atoms with Gasteiger partial charge >= 0.3 is 6.03 Å². The van der Waals surface area contributed by atoms with Crippen LogP contribution < -0.4 is 10.6 Å². The van der Waals surface area contributed by atoms with E-state index in [1.165, 1.54) is 0 Å². The molecule has 1 aromatic carbocycles. The topological polar surface area (TPSA) is 68.2 Å². The minimum atomic E-state index is -0.238. The number of rotatable bonds is 6. The maximum absolute atomic E-state index is 11.6. The summed E-state index contributed by atoms with van der Waals surface area (Å²) in [5, 5.41) is 9.65. The van der Waals surface area contributed by atoms with Crippen molar-refractivity contribution in [2.75, 3.05) is 25.6 Å². The summed E-state index contributed by atoms with van der Waals surface area (Å²) in [5.41, 5.74) is 1.83. The Bertz CT molecular complexity index is 540. The highest BCUT2D eigenvalue weighted by atomic mass is 16.5. The molecule has 2 rings (SSSR count). The summed E-state index contributed by atoms with van der Waals surface area (Å²) in [5.74, 6) is 0. The molecule has 2 amide bonds. The molecule has 0 aliphatic rings. The Kier molecular flexibility index (Phi) is 5.14. The molecule has 0 fully saturated rings. The van der Waals surface area contributed by atoms with Gasteiger partial charge in [-0.3, -0.25) is 4.68 Å². The third-order valence-electron chi connectivity index (χ3n) is 2.68. The lowest BCUT2D eigenvalue weighted by Crippen LogP contribution is -2.31. The summed E-state index contributed by atoms with van der Waals surface area (Å²) in [7, 11) is 1.60. The van der Waals surface area contributed by atoms with E-state index in [4.69, 9.17) is 4.74 Å². The van der Waals surface area contributed by atoms with Gasteiger partial charge in [-0.15, -0.1) is 0 Å². The Labute approximate surface area is 117 Å². The van der Waals surface area contributed by atoms with E-state index in [0.29, 0.717) is 19.7 Å². The van der Waals surface area contributed by atoms with Gasteiger partial charge in [-0.1, -0.05) is 12.1 Å². The van der Waals surface area contributed by atoms with E-state index in [9.17, 15) is 4.79 Å². The van der Waals surface area contributed by atoms with E-state index in [-0.39, 0.29) is 6.03 Å². The van der Waals surface area contributed by atoms with E-state index in [1.807, 2.05) is 41.2 Å². The van der Waals surface area contributed by atoms with Gasteiger partial charge in [-0.2, -0.15) is 5.10 Å². The second-order valence-corrected chi connectivity index (χ2v) is 4.28. The van der Waals surface area contributed by atoms with E-state index in [0.717, 1.165) is 11.3 Å². The zero-order valence-electron chi connectivity index (χ0n) is 11.4. The molecule has 6 heteroatoms. The van der Waals surface area contributed by atoms with Gasteiger partial charge in [0.1, 0.15) is 0 Å². The van der Waals surface area contributed by atoms with Crippen molar-refractivity contribution in [2.45, 2.75) is 6.54 Å². The van der Waals surface area contributed by atoms with Crippen LogP contribution in [0.5, 0.6) is 0 Å². The molecule has 0 unspecified atom stereocenters. The molecular formula is C14H18N4O2. The first kappa shape index (κ1) is 14.1. The summed E-state index contributed by atoms with van der Waals surface area (Å²) >= 11 is 0. The summed E-state index contributed by atoms with van der Waals surface area (Å²) in [6.45, 7) is 1.65. The highest BCUT2D eigenvalue weighted by Crippen LogP contribution is 2.11. The second kappa shape index (κ2) is 7.30. The van der Waals surface area contributed by atoms with Gasteiger partial charge in [-0.25, -0.2) is 4.79 Å². The van der Waals surface area contributed by atoms with Crippen LogP contribution in [0.1, 0.15) is 5.56 Å². The molecule has 2 aromatic rings. The van der Waals surface area contributed by atoms with Crippen LogP contribution >= 0.6 is 0 Å². The number of urea groups is 1. The van der Waals surface area contributed by atoms with Crippen LogP contribution in [0, 0.1) is 0 Å². The largest absolute Gasteiger partial charge is 0.383 e. The number of amides is 2. The predicted molar refractivity (Wildman–Crippen MR) is 76.7 cm³/mol. The normalized spacial score (nSPS) is 10.2. The monoisotopic (exact) mass is 274 g/mol. The Morgan fingerprint density at radius 2 is 2.30 bits per heavy atom. The van der Waals surface area contributed by atoms with Crippen molar-refractivity contribution in [1.82, 2.24) is 15.1 Å². The molecule has 0 saturated carbocycles. The molecule has 6 nitrogen and oxygen atoms in total. The number of nitrogens with zero attached hydrogens (tertiary/aromatic N) is 2. The Hall–Kier alpha value is -2.34. The molecule has 1 aromatic heterocycles. The first-order valence-corrected chi connectivity index (χ1v) is 6.38. The fourth-order valence-electron chi connectivity index (χ4n) is 1.77. The van der Waals surface area contributed by atoms with Crippen LogP contribution in [0.3, 0.4) is 0 Å². The van der Waals surface area contributed by atoms with Crippen molar-refractivity contribution in [2.24, 2.45) is 0 Å². The first-order chi connectivity index (χ1) is 9.78. The standard InChI is InChI=1S/C14H18N4O2/c1-20-9-7-15-14(19)17-13-5-2-4-12(10-13)11-18-8-3-6-16-18/h2-6,8,10H,7,9,11H2,1H3,(H2,15,17,19). The van der Waals surface area contributed by atoms with E-state index < -0.39 is 0 Å². The molecular weight excluding hydrogens is 256 g/mol. The van der Waals surface area contributed by atoms with Gasteiger partial charge in [0.2, 0.25) is 0 Å². The fourth-order valence-corrected chi connectivity index (χ4v) is 1.77. The average Bonchev–Trinajstić information content (AvgIpc) is 2.92. The molecule has 0 atom stereocenters. The SMILES string of the molecule is COCCNC(=O)Nc1cccc(Cn2cccn2)c1. The Balaban J connectivity index is 1.90. The summed E-state index contributed by atoms with van der Waals surface area (Å²) in [6.07, 6.45) is 3.64. The number of hydrogen-bond donors (Lipinski definition) is 2. The zero-order chi connectivity index (χ0) is 14.2. The molecule has 20 heavy (non-hydrogen) atoms. The number of nitrogens with one attached hydrogen (secondary N) is 2. The molecule has 0 bridgehead atoms. The molecule has 0 radical (unpaired) electrons. The summed E-state index contributed by atoms with van der Waals surface area (Å²) < 4.78 is 6.70. The smallest absolute Gasteiger partial charge is 0.319 e. The number of ether oxygens (including phenoxy) is 1. The van der Waals surface area contributed by atoms with E-state index in [2.05, 4.69) is 15.7 Å². The average molecular weight is 274 g/mol. The van der Waals surface area contributed by atoms with E-state index >= 15 is 0 Å². The Morgan fingerprint density at radius 1 is 1.40 bits per heavy atom. The van der Waals surface area contributed by atoms with Crippen molar-refractivity contribution in [3.63, 3.8) is 0 Å². The molecule has 0 aliphatic heterocycles. The molecule has 0 saturated heterocycles. The van der Waals surface area contributed by atoms with Crippen LogP contribution in [0.15, 0.2) is 42.7 Å². The van der Waals surface area contributed by atoms with Crippen molar-refractivity contribution < 1.29 is 9.53 Å². The van der Waals surface area contributed by atoms with Crippen LogP contribution in [0.2, 0.25) is 0 Å². The molecule has 0 spiro atoms. The summed E-state index contributed by atoms with van der Waals surface area (Å²) in [6, 6.07) is 9.32. The van der Waals surface area contributed by atoms with Crippen LogP contribution in [-0.2, 0) is 11.3 Å². The number of anilines is 1. The molecule has 2 N–H and O–H groups in total. The van der Waals surface area contributed by atoms with Crippen LogP contribution in [-0.4, -0.2) is 36.1 Å². The number of carbonyl (C=O) groups is 1. The van der Waals surface area contributed by atoms with Crippen molar-refractivity contribution in [3.05, 3.63) is 48.3 Å². The van der Waals surface area contributed by atoms with Gasteiger partial charge in [-0.05, 0) is 23.8 Å². The third kappa shape index (κ3) is 4.40. The van der Waals surface area contributed by atoms with Crippen LogP contribution in [0.25, 0.3) is 0 Å². The fraction of sp³-hybridized carbons (Fsp3) is 0.286. The van der Waals surface area contributed by atoms with Crippen LogP contribution in [0.4, 0.5) is 10.5 Å². The lowest BCUT2D eigenvalue weighted by atomic mass is 10.2. The molecule has 1 heterocycles.